The zero-order valence-electron chi connectivity index (χ0n) is 11.5. The fourth-order valence-electron chi connectivity index (χ4n) is 2.19. The van der Waals surface area contributed by atoms with E-state index in [4.69, 9.17) is 0 Å². The number of benzene rings is 1. The van der Waals surface area contributed by atoms with Crippen LogP contribution in [0.3, 0.4) is 0 Å². The predicted octanol–water partition coefficient (Wildman–Crippen LogP) is 3.09. The van der Waals surface area contributed by atoms with Crippen LogP contribution in [0, 0.1) is 0 Å². The minimum atomic E-state index is 0.809. The molecule has 0 aliphatic heterocycles. The molecule has 1 aromatic carbocycles. The first-order chi connectivity index (χ1) is 9.78. The van der Waals surface area contributed by atoms with E-state index in [9.17, 15) is 0 Å². The molecule has 2 aromatic heterocycles. The molecule has 0 saturated carbocycles. The van der Waals surface area contributed by atoms with Crippen LogP contribution in [0.25, 0.3) is 5.65 Å². The molecule has 0 aliphatic rings. The van der Waals surface area contributed by atoms with Crippen LogP contribution in [0.5, 0.6) is 0 Å². The SMILES string of the molecule is CSc1cccc(N(C)Cc2cnc3cnccn23)c1. The minimum Gasteiger partial charge on any atom is -0.369 e. The third kappa shape index (κ3) is 2.49. The molecule has 20 heavy (non-hydrogen) atoms. The third-order valence-electron chi connectivity index (χ3n) is 3.29. The van der Waals surface area contributed by atoms with Gasteiger partial charge >= 0.3 is 0 Å². The first-order valence-electron chi connectivity index (χ1n) is 6.39. The Kier molecular flexibility index (Phi) is 3.60. The second-order valence-corrected chi connectivity index (χ2v) is 5.49. The Morgan fingerprint density at radius 3 is 3.05 bits per heavy atom. The van der Waals surface area contributed by atoms with Crippen LogP contribution < -0.4 is 4.90 Å². The maximum atomic E-state index is 4.37. The maximum Gasteiger partial charge on any atom is 0.155 e. The van der Waals surface area contributed by atoms with Crippen molar-refractivity contribution in [3.8, 4) is 0 Å². The van der Waals surface area contributed by atoms with E-state index in [1.54, 1.807) is 24.2 Å². The molecule has 2 heterocycles. The van der Waals surface area contributed by atoms with Crippen LogP contribution in [0.15, 0.2) is 53.9 Å². The number of rotatable bonds is 4. The van der Waals surface area contributed by atoms with Crippen LogP contribution in [0.4, 0.5) is 5.69 Å². The van der Waals surface area contributed by atoms with E-state index in [1.807, 2.05) is 12.4 Å². The molecule has 0 atom stereocenters. The number of thioether (sulfide) groups is 1. The number of imidazole rings is 1. The fourth-order valence-corrected chi connectivity index (χ4v) is 2.65. The van der Waals surface area contributed by atoms with Crippen molar-refractivity contribution in [1.82, 2.24) is 14.4 Å². The zero-order chi connectivity index (χ0) is 13.9. The molecule has 0 amide bonds. The van der Waals surface area contributed by atoms with Crippen molar-refractivity contribution < 1.29 is 0 Å². The molecule has 0 bridgehead atoms. The number of fused-ring (bicyclic) bond motifs is 1. The number of hydrogen-bond donors (Lipinski definition) is 0. The van der Waals surface area contributed by atoms with Crippen molar-refractivity contribution in [3.05, 3.63) is 54.7 Å². The minimum absolute atomic E-state index is 0.809. The lowest BCUT2D eigenvalue weighted by atomic mass is 10.3. The van der Waals surface area contributed by atoms with E-state index >= 15 is 0 Å². The quantitative estimate of drug-likeness (QED) is 0.689. The van der Waals surface area contributed by atoms with Crippen molar-refractivity contribution in [3.63, 3.8) is 0 Å². The summed E-state index contributed by atoms with van der Waals surface area (Å²) in [5, 5.41) is 0. The molecule has 0 N–H and O–H groups in total. The summed E-state index contributed by atoms with van der Waals surface area (Å²) in [5.41, 5.74) is 3.24. The van der Waals surface area contributed by atoms with Gasteiger partial charge in [0, 0.05) is 30.0 Å². The topological polar surface area (TPSA) is 33.4 Å². The molecule has 102 valence electrons. The van der Waals surface area contributed by atoms with Gasteiger partial charge < -0.3 is 4.90 Å². The van der Waals surface area contributed by atoms with Gasteiger partial charge in [-0.3, -0.25) is 9.38 Å². The van der Waals surface area contributed by atoms with E-state index in [-0.39, 0.29) is 0 Å². The van der Waals surface area contributed by atoms with Gasteiger partial charge in [0.2, 0.25) is 0 Å². The zero-order valence-corrected chi connectivity index (χ0v) is 12.3. The van der Waals surface area contributed by atoms with Crippen molar-refractivity contribution in [2.45, 2.75) is 11.4 Å². The first kappa shape index (κ1) is 13.0. The molecule has 0 radical (unpaired) electrons. The average molecular weight is 284 g/mol. The molecule has 0 saturated heterocycles. The van der Waals surface area contributed by atoms with Gasteiger partial charge in [0.25, 0.3) is 0 Å². The average Bonchev–Trinajstić information content (AvgIpc) is 2.90. The summed E-state index contributed by atoms with van der Waals surface area (Å²) in [4.78, 5) is 12.0. The lowest BCUT2D eigenvalue weighted by Crippen LogP contribution is -2.17. The molecule has 0 aliphatic carbocycles. The van der Waals surface area contributed by atoms with Crippen LogP contribution in [0.2, 0.25) is 0 Å². The highest BCUT2D eigenvalue weighted by Crippen LogP contribution is 2.22. The smallest absolute Gasteiger partial charge is 0.155 e. The van der Waals surface area contributed by atoms with Gasteiger partial charge in [-0.1, -0.05) is 6.07 Å². The number of anilines is 1. The summed E-state index contributed by atoms with van der Waals surface area (Å²) < 4.78 is 2.07. The standard InChI is InChI=1S/C15H16N4S/c1-18(12-4-3-5-14(8-12)20-2)11-13-9-17-15-10-16-6-7-19(13)15/h3-10H,11H2,1-2H3. The molecule has 4 nitrogen and oxygen atoms in total. The predicted molar refractivity (Wildman–Crippen MR) is 83.3 cm³/mol. The Morgan fingerprint density at radius 2 is 2.20 bits per heavy atom. The molecule has 3 aromatic rings. The molecule has 3 rings (SSSR count). The van der Waals surface area contributed by atoms with Crippen molar-refractivity contribution in [1.29, 1.82) is 0 Å². The second kappa shape index (κ2) is 5.54. The number of aromatic nitrogens is 3. The van der Waals surface area contributed by atoms with Crippen molar-refractivity contribution >= 4 is 23.1 Å². The van der Waals surface area contributed by atoms with Gasteiger partial charge in [0.15, 0.2) is 5.65 Å². The number of hydrogen-bond acceptors (Lipinski definition) is 4. The Hall–Kier alpha value is -2.01. The Labute approximate surface area is 122 Å². The molecular formula is C15H16N4S. The van der Waals surface area contributed by atoms with Gasteiger partial charge in [-0.2, -0.15) is 0 Å². The van der Waals surface area contributed by atoms with Gasteiger partial charge in [-0.05, 0) is 24.5 Å². The first-order valence-corrected chi connectivity index (χ1v) is 7.61. The summed E-state index contributed by atoms with van der Waals surface area (Å²) in [7, 11) is 2.10. The van der Waals surface area contributed by atoms with E-state index in [1.165, 1.54) is 10.6 Å². The highest BCUT2D eigenvalue weighted by atomic mass is 32.2. The highest BCUT2D eigenvalue weighted by molar-refractivity contribution is 7.98. The van der Waals surface area contributed by atoms with E-state index < -0.39 is 0 Å². The van der Waals surface area contributed by atoms with E-state index in [0.717, 1.165) is 17.9 Å². The molecule has 0 fully saturated rings. The summed E-state index contributed by atoms with van der Waals surface area (Å²) in [6.07, 6.45) is 9.51. The van der Waals surface area contributed by atoms with Crippen molar-refractivity contribution in [2.24, 2.45) is 0 Å². The highest BCUT2D eigenvalue weighted by Gasteiger charge is 2.07. The fraction of sp³-hybridized carbons (Fsp3) is 0.200. The van der Waals surface area contributed by atoms with Gasteiger partial charge in [-0.25, -0.2) is 4.98 Å². The van der Waals surface area contributed by atoms with Gasteiger partial charge in [-0.15, -0.1) is 11.8 Å². The Bertz CT molecular complexity index is 722. The van der Waals surface area contributed by atoms with Gasteiger partial charge in [0.1, 0.15) is 0 Å². The second-order valence-electron chi connectivity index (χ2n) is 4.61. The van der Waals surface area contributed by atoms with Crippen LogP contribution in [-0.4, -0.2) is 27.7 Å². The van der Waals surface area contributed by atoms with Crippen LogP contribution in [-0.2, 0) is 6.54 Å². The van der Waals surface area contributed by atoms with E-state index in [0.29, 0.717) is 0 Å². The Morgan fingerprint density at radius 1 is 1.30 bits per heavy atom. The molecule has 0 unspecified atom stereocenters. The summed E-state index contributed by atoms with van der Waals surface area (Å²) >= 11 is 1.76. The maximum absolute atomic E-state index is 4.37. The van der Waals surface area contributed by atoms with Crippen LogP contribution >= 0.6 is 11.8 Å². The molecule has 0 spiro atoms. The monoisotopic (exact) mass is 284 g/mol. The normalized spacial score (nSPS) is 10.9. The lowest BCUT2D eigenvalue weighted by Gasteiger charge is -2.19. The van der Waals surface area contributed by atoms with Crippen molar-refractivity contribution in [2.75, 3.05) is 18.2 Å². The molecular weight excluding hydrogens is 268 g/mol. The number of nitrogens with zero attached hydrogens (tertiary/aromatic N) is 4. The van der Waals surface area contributed by atoms with Crippen LogP contribution in [0.1, 0.15) is 5.69 Å². The van der Waals surface area contributed by atoms with E-state index in [2.05, 4.69) is 56.8 Å². The summed E-state index contributed by atoms with van der Waals surface area (Å²) in [6.45, 7) is 0.809. The largest absolute Gasteiger partial charge is 0.369 e. The third-order valence-corrected chi connectivity index (χ3v) is 4.01. The van der Waals surface area contributed by atoms with Gasteiger partial charge in [0.05, 0.1) is 24.6 Å². The Balaban J connectivity index is 1.86. The lowest BCUT2D eigenvalue weighted by molar-refractivity contribution is 0.866. The summed E-state index contributed by atoms with van der Waals surface area (Å²) in [6, 6.07) is 8.55. The molecule has 5 heteroatoms. The summed E-state index contributed by atoms with van der Waals surface area (Å²) in [5.74, 6) is 0.